The van der Waals surface area contributed by atoms with Crippen LogP contribution < -0.4 is 0 Å². The van der Waals surface area contributed by atoms with E-state index in [4.69, 9.17) is 5.11 Å². The van der Waals surface area contributed by atoms with Crippen LogP contribution >= 0.6 is 0 Å². The highest BCUT2D eigenvalue weighted by Gasteiger charge is 2.28. The van der Waals surface area contributed by atoms with Crippen LogP contribution in [0.2, 0.25) is 0 Å². The van der Waals surface area contributed by atoms with E-state index in [9.17, 15) is 9.59 Å². The fourth-order valence-corrected chi connectivity index (χ4v) is 1.20. The summed E-state index contributed by atoms with van der Waals surface area (Å²) in [6, 6.07) is -0.752. The molecule has 0 bridgehead atoms. The Bertz CT molecular complexity index is 234. The fraction of sp³-hybridized carbons (Fsp3) is 0.500. The first-order valence-corrected chi connectivity index (χ1v) is 3.85. The van der Waals surface area contributed by atoms with Crippen LogP contribution in [0.25, 0.3) is 0 Å². The molecule has 1 amide bonds. The van der Waals surface area contributed by atoms with Gasteiger partial charge in [0.1, 0.15) is 6.04 Å². The van der Waals surface area contributed by atoms with Gasteiger partial charge in [-0.15, -0.1) is 0 Å². The van der Waals surface area contributed by atoms with Gasteiger partial charge in [0.25, 0.3) is 0 Å². The van der Waals surface area contributed by atoms with Crippen molar-refractivity contribution in [3.63, 3.8) is 0 Å². The number of carbonyl (C=O) groups is 2. The average Bonchev–Trinajstić information content (AvgIpc) is 2.50. The van der Waals surface area contributed by atoms with E-state index in [1.807, 2.05) is 0 Å². The zero-order valence-electron chi connectivity index (χ0n) is 6.86. The molecule has 0 aromatic rings. The van der Waals surface area contributed by atoms with Crippen LogP contribution in [-0.2, 0) is 9.59 Å². The number of aliphatic carboxylic acids is 1. The van der Waals surface area contributed by atoms with Crippen molar-refractivity contribution in [2.24, 2.45) is 0 Å². The Morgan fingerprint density at radius 3 is 2.83 bits per heavy atom. The maximum Gasteiger partial charge on any atom is 0.330 e. The zero-order valence-corrected chi connectivity index (χ0v) is 6.86. The van der Waals surface area contributed by atoms with Gasteiger partial charge in [0.15, 0.2) is 0 Å². The number of rotatable bonds is 2. The van der Waals surface area contributed by atoms with Crippen molar-refractivity contribution in [1.82, 2.24) is 4.90 Å². The minimum Gasteiger partial charge on any atom is -0.479 e. The van der Waals surface area contributed by atoms with E-state index in [1.54, 1.807) is 13.0 Å². The highest BCUT2D eigenvalue weighted by Crippen LogP contribution is 2.10. The lowest BCUT2D eigenvalue weighted by Crippen LogP contribution is -2.40. The molecule has 1 rings (SSSR count). The maximum atomic E-state index is 11.2. The monoisotopic (exact) mass is 169 g/mol. The molecule has 4 heteroatoms. The molecule has 1 heterocycles. The third kappa shape index (κ3) is 1.47. The molecular formula is C8H11NO3. The van der Waals surface area contributed by atoms with Crippen molar-refractivity contribution in [2.45, 2.75) is 19.4 Å². The molecule has 0 saturated heterocycles. The van der Waals surface area contributed by atoms with Crippen molar-refractivity contribution in [1.29, 1.82) is 0 Å². The molecule has 1 atom stereocenters. The number of hydrogen-bond acceptors (Lipinski definition) is 2. The minimum atomic E-state index is -0.967. The van der Waals surface area contributed by atoms with E-state index >= 15 is 0 Å². The Labute approximate surface area is 70.5 Å². The summed E-state index contributed by atoms with van der Waals surface area (Å²) in [6.45, 7) is 2.14. The fourth-order valence-electron chi connectivity index (χ4n) is 1.20. The van der Waals surface area contributed by atoms with E-state index < -0.39 is 12.0 Å². The maximum absolute atomic E-state index is 11.2. The van der Waals surface area contributed by atoms with Crippen LogP contribution in [0.4, 0.5) is 0 Å². The molecule has 0 aliphatic carbocycles. The number of nitrogens with zero attached hydrogens (tertiary/aromatic N) is 1. The lowest BCUT2D eigenvalue weighted by Gasteiger charge is -2.20. The summed E-state index contributed by atoms with van der Waals surface area (Å²) in [5.41, 5.74) is 0. The number of carboxylic acids is 1. The van der Waals surface area contributed by atoms with Crippen LogP contribution in [0.3, 0.4) is 0 Å². The molecule has 0 fully saturated rings. The predicted molar refractivity (Wildman–Crippen MR) is 42.6 cm³/mol. The van der Waals surface area contributed by atoms with Crippen molar-refractivity contribution in [3.05, 3.63) is 12.2 Å². The van der Waals surface area contributed by atoms with Crippen LogP contribution in [0.1, 0.15) is 13.3 Å². The third-order valence-corrected chi connectivity index (χ3v) is 1.83. The summed E-state index contributed by atoms with van der Waals surface area (Å²) in [4.78, 5) is 23.1. The van der Waals surface area contributed by atoms with Crippen molar-refractivity contribution >= 4 is 11.9 Å². The highest BCUT2D eigenvalue weighted by atomic mass is 16.4. The first-order chi connectivity index (χ1) is 5.66. The molecule has 4 nitrogen and oxygen atoms in total. The summed E-state index contributed by atoms with van der Waals surface area (Å²) in [5, 5.41) is 8.68. The molecule has 1 aliphatic rings. The molecule has 1 unspecified atom stereocenters. The second kappa shape index (κ2) is 3.38. The SMILES string of the molecule is CCC(=O)N1CC=CC1C(=O)O. The lowest BCUT2D eigenvalue weighted by molar-refractivity contribution is -0.146. The van der Waals surface area contributed by atoms with Gasteiger partial charge in [-0.1, -0.05) is 19.1 Å². The summed E-state index contributed by atoms with van der Waals surface area (Å²) < 4.78 is 0. The smallest absolute Gasteiger partial charge is 0.330 e. The molecule has 0 radical (unpaired) electrons. The first-order valence-electron chi connectivity index (χ1n) is 3.85. The summed E-state index contributed by atoms with van der Waals surface area (Å²) >= 11 is 0. The van der Waals surface area contributed by atoms with Gasteiger partial charge in [-0.05, 0) is 0 Å². The summed E-state index contributed by atoms with van der Waals surface area (Å²) in [7, 11) is 0. The van der Waals surface area contributed by atoms with E-state index in [0.717, 1.165) is 0 Å². The Morgan fingerprint density at radius 1 is 1.67 bits per heavy atom. The Balaban J connectivity index is 2.68. The van der Waals surface area contributed by atoms with E-state index in [1.165, 1.54) is 11.0 Å². The van der Waals surface area contributed by atoms with Gasteiger partial charge in [0, 0.05) is 13.0 Å². The van der Waals surface area contributed by atoms with Crippen molar-refractivity contribution in [3.8, 4) is 0 Å². The van der Waals surface area contributed by atoms with Gasteiger partial charge in [-0.3, -0.25) is 4.79 Å². The topological polar surface area (TPSA) is 57.6 Å². The number of hydrogen-bond donors (Lipinski definition) is 1. The standard InChI is InChI=1S/C8H11NO3/c1-2-7(10)9-5-3-4-6(9)8(11)12/h3-4,6H,2,5H2,1H3,(H,11,12). The summed E-state index contributed by atoms with van der Waals surface area (Å²) in [5.74, 6) is -1.09. The molecule has 0 saturated carbocycles. The van der Waals surface area contributed by atoms with Gasteiger partial charge < -0.3 is 10.0 Å². The van der Waals surface area contributed by atoms with Crippen LogP contribution in [0.5, 0.6) is 0 Å². The Hall–Kier alpha value is -1.32. The lowest BCUT2D eigenvalue weighted by atomic mass is 10.3. The van der Waals surface area contributed by atoms with Crippen LogP contribution in [0, 0.1) is 0 Å². The normalized spacial score (nSPS) is 21.4. The van der Waals surface area contributed by atoms with E-state index in [0.29, 0.717) is 13.0 Å². The number of amides is 1. The number of carboxylic acid groups (broad SMARTS) is 1. The number of carbonyl (C=O) groups excluding carboxylic acids is 1. The Kier molecular flexibility index (Phi) is 2.47. The van der Waals surface area contributed by atoms with Crippen LogP contribution in [-0.4, -0.2) is 34.5 Å². The van der Waals surface area contributed by atoms with Crippen molar-refractivity contribution < 1.29 is 14.7 Å². The largest absolute Gasteiger partial charge is 0.479 e. The summed E-state index contributed by atoms with van der Waals surface area (Å²) in [6.07, 6.45) is 3.59. The molecule has 0 spiro atoms. The quantitative estimate of drug-likeness (QED) is 0.603. The molecule has 0 aromatic carbocycles. The molecule has 66 valence electrons. The third-order valence-electron chi connectivity index (χ3n) is 1.83. The van der Waals surface area contributed by atoms with Gasteiger partial charge in [-0.2, -0.15) is 0 Å². The van der Waals surface area contributed by atoms with E-state index in [-0.39, 0.29) is 5.91 Å². The van der Waals surface area contributed by atoms with Gasteiger partial charge in [0.05, 0.1) is 0 Å². The molecule has 1 N–H and O–H groups in total. The highest BCUT2D eigenvalue weighted by molar-refractivity contribution is 5.85. The molecular weight excluding hydrogens is 158 g/mol. The zero-order chi connectivity index (χ0) is 9.14. The van der Waals surface area contributed by atoms with Crippen LogP contribution in [0.15, 0.2) is 12.2 Å². The second-order valence-corrected chi connectivity index (χ2v) is 2.61. The van der Waals surface area contributed by atoms with Gasteiger partial charge in [0.2, 0.25) is 5.91 Å². The first kappa shape index (κ1) is 8.77. The van der Waals surface area contributed by atoms with Gasteiger partial charge >= 0.3 is 5.97 Å². The Morgan fingerprint density at radius 2 is 2.33 bits per heavy atom. The van der Waals surface area contributed by atoms with Gasteiger partial charge in [-0.25, -0.2) is 4.79 Å². The second-order valence-electron chi connectivity index (χ2n) is 2.61. The minimum absolute atomic E-state index is 0.118. The molecule has 12 heavy (non-hydrogen) atoms. The predicted octanol–water partition coefficient (Wildman–Crippen LogP) is 0.248. The van der Waals surface area contributed by atoms with E-state index in [2.05, 4.69) is 0 Å². The molecule has 1 aliphatic heterocycles. The molecule has 0 aromatic heterocycles. The van der Waals surface area contributed by atoms with Crippen molar-refractivity contribution in [2.75, 3.05) is 6.54 Å². The average molecular weight is 169 g/mol.